The van der Waals surface area contributed by atoms with Crippen LogP contribution in [0.1, 0.15) is 0 Å². The highest BCUT2D eigenvalue weighted by atomic mass is 79.9. The van der Waals surface area contributed by atoms with Gasteiger partial charge in [-0.3, -0.25) is 4.72 Å². The Hall–Kier alpha value is -2.09. The molecule has 1 N–H and O–H groups in total. The number of benzene rings is 3. The van der Waals surface area contributed by atoms with Gasteiger partial charge in [-0.1, -0.05) is 17.7 Å². The molecule has 3 aromatic rings. The summed E-state index contributed by atoms with van der Waals surface area (Å²) < 4.78 is 46.4. The Morgan fingerprint density at radius 3 is 2.38 bits per heavy atom. The van der Waals surface area contributed by atoms with Crippen molar-refractivity contribution in [1.82, 2.24) is 0 Å². The highest BCUT2D eigenvalue weighted by Gasteiger charge is 2.15. The zero-order valence-corrected chi connectivity index (χ0v) is 16.3. The SMILES string of the molecule is O=S(=O)(Nc1ccc(Oc2ccc(F)cc2)c(Br)c1)c1cccc(Cl)c1. The van der Waals surface area contributed by atoms with Gasteiger partial charge in [-0.15, -0.1) is 0 Å². The van der Waals surface area contributed by atoms with Gasteiger partial charge in [0.15, 0.2) is 0 Å². The maximum Gasteiger partial charge on any atom is 0.261 e. The van der Waals surface area contributed by atoms with Crippen LogP contribution in [0.3, 0.4) is 0 Å². The van der Waals surface area contributed by atoms with Crippen LogP contribution >= 0.6 is 27.5 Å². The Kier molecular flexibility index (Phi) is 5.50. The van der Waals surface area contributed by atoms with Gasteiger partial charge in [-0.25, -0.2) is 12.8 Å². The molecule has 0 aromatic heterocycles. The van der Waals surface area contributed by atoms with Crippen molar-refractivity contribution < 1.29 is 17.5 Å². The molecule has 3 rings (SSSR count). The van der Waals surface area contributed by atoms with Crippen LogP contribution in [0, 0.1) is 5.82 Å². The monoisotopic (exact) mass is 455 g/mol. The minimum Gasteiger partial charge on any atom is -0.456 e. The largest absolute Gasteiger partial charge is 0.456 e. The quantitative estimate of drug-likeness (QED) is 0.525. The minimum absolute atomic E-state index is 0.0627. The molecular weight excluding hydrogens is 445 g/mol. The molecule has 0 aliphatic heterocycles. The lowest BCUT2D eigenvalue weighted by atomic mass is 10.3. The molecule has 134 valence electrons. The van der Waals surface area contributed by atoms with Crippen LogP contribution < -0.4 is 9.46 Å². The van der Waals surface area contributed by atoms with Crippen LogP contribution in [0.4, 0.5) is 10.1 Å². The van der Waals surface area contributed by atoms with Crippen molar-refractivity contribution in [3.05, 3.63) is 82.0 Å². The number of hydrogen-bond acceptors (Lipinski definition) is 3. The number of nitrogens with one attached hydrogen (secondary N) is 1. The van der Waals surface area contributed by atoms with E-state index in [1.807, 2.05) is 0 Å². The topological polar surface area (TPSA) is 55.4 Å². The zero-order valence-electron chi connectivity index (χ0n) is 13.1. The Morgan fingerprint density at radius 1 is 1.00 bits per heavy atom. The standard InChI is InChI=1S/C18H12BrClFNO3S/c19-17-11-14(22-26(23,24)16-3-1-2-12(20)10-16)6-9-18(17)25-15-7-4-13(21)5-8-15/h1-11,22H. The maximum atomic E-state index is 12.9. The first kappa shape index (κ1) is 18.7. The van der Waals surface area contributed by atoms with E-state index < -0.39 is 10.0 Å². The first-order chi connectivity index (χ1) is 12.3. The maximum absolute atomic E-state index is 12.9. The Bertz CT molecular complexity index is 1040. The molecule has 0 bridgehead atoms. The lowest BCUT2D eigenvalue weighted by Gasteiger charge is -2.12. The highest BCUT2D eigenvalue weighted by Crippen LogP contribution is 2.32. The van der Waals surface area contributed by atoms with E-state index in [9.17, 15) is 12.8 Å². The number of anilines is 1. The van der Waals surface area contributed by atoms with E-state index in [0.29, 0.717) is 26.7 Å². The molecule has 0 aliphatic carbocycles. The number of halogens is 3. The fraction of sp³-hybridized carbons (Fsp3) is 0. The van der Waals surface area contributed by atoms with Crippen molar-refractivity contribution in [2.24, 2.45) is 0 Å². The van der Waals surface area contributed by atoms with Crippen molar-refractivity contribution >= 4 is 43.2 Å². The molecule has 0 heterocycles. The number of sulfonamides is 1. The van der Waals surface area contributed by atoms with Gasteiger partial charge < -0.3 is 4.74 Å². The molecule has 0 amide bonds. The van der Waals surface area contributed by atoms with E-state index in [1.54, 1.807) is 30.3 Å². The van der Waals surface area contributed by atoms with Crippen molar-refractivity contribution in [1.29, 1.82) is 0 Å². The molecule has 8 heteroatoms. The Labute approximate surface area is 163 Å². The minimum atomic E-state index is -3.77. The van der Waals surface area contributed by atoms with E-state index in [-0.39, 0.29) is 10.7 Å². The zero-order chi connectivity index (χ0) is 18.7. The summed E-state index contributed by atoms with van der Waals surface area (Å²) in [6, 6.07) is 16.3. The first-order valence-electron chi connectivity index (χ1n) is 7.35. The van der Waals surface area contributed by atoms with Gasteiger partial charge in [0, 0.05) is 5.02 Å². The molecule has 0 fully saturated rings. The molecule has 0 atom stereocenters. The van der Waals surface area contributed by atoms with Gasteiger partial charge >= 0.3 is 0 Å². The predicted octanol–water partition coefficient (Wildman–Crippen LogP) is 5.83. The van der Waals surface area contributed by atoms with Gasteiger partial charge in [0.05, 0.1) is 15.1 Å². The van der Waals surface area contributed by atoms with Crippen molar-refractivity contribution in [3.8, 4) is 11.5 Å². The van der Waals surface area contributed by atoms with Crippen LogP contribution in [0.15, 0.2) is 76.1 Å². The van der Waals surface area contributed by atoms with Crippen molar-refractivity contribution in [2.45, 2.75) is 4.90 Å². The third kappa shape index (κ3) is 4.55. The van der Waals surface area contributed by atoms with Crippen LogP contribution in [0.5, 0.6) is 11.5 Å². The van der Waals surface area contributed by atoms with Gasteiger partial charge in [0.2, 0.25) is 0 Å². The fourth-order valence-corrected chi connectivity index (χ4v) is 3.93. The summed E-state index contributed by atoms with van der Waals surface area (Å²) in [5.41, 5.74) is 0.350. The molecule has 3 aromatic carbocycles. The number of ether oxygens (including phenoxy) is 1. The Morgan fingerprint density at radius 2 is 1.73 bits per heavy atom. The average molecular weight is 457 g/mol. The fourth-order valence-electron chi connectivity index (χ4n) is 2.12. The molecule has 4 nitrogen and oxygen atoms in total. The van der Waals surface area contributed by atoms with Gasteiger partial charge in [-0.2, -0.15) is 0 Å². The van der Waals surface area contributed by atoms with Gasteiger partial charge in [0.1, 0.15) is 17.3 Å². The number of hydrogen-bond donors (Lipinski definition) is 1. The molecule has 0 unspecified atom stereocenters. The molecule has 0 aliphatic rings. The summed E-state index contributed by atoms with van der Waals surface area (Å²) in [5, 5.41) is 0.331. The van der Waals surface area contributed by atoms with E-state index in [4.69, 9.17) is 16.3 Å². The molecule has 0 saturated carbocycles. The molecular formula is C18H12BrClFNO3S. The van der Waals surface area contributed by atoms with Crippen LogP contribution in [0.2, 0.25) is 5.02 Å². The van der Waals surface area contributed by atoms with Crippen LogP contribution in [-0.4, -0.2) is 8.42 Å². The second kappa shape index (κ2) is 7.65. The lowest BCUT2D eigenvalue weighted by molar-refractivity contribution is 0.477. The van der Waals surface area contributed by atoms with Crippen molar-refractivity contribution in [2.75, 3.05) is 4.72 Å². The normalized spacial score (nSPS) is 11.2. The summed E-state index contributed by atoms with van der Waals surface area (Å²) in [5.74, 6) is 0.559. The van der Waals surface area contributed by atoms with E-state index in [1.165, 1.54) is 36.4 Å². The van der Waals surface area contributed by atoms with E-state index in [0.717, 1.165) is 0 Å². The van der Waals surface area contributed by atoms with Gasteiger partial charge in [-0.05, 0) is 76.6 Å². The second-order valence-electron chi connectivity index (χ2n) is 5.26. The first-order valence-corrected chi connectivity index (χ1v) is 10.0. The third-order valence-corrected chi connectivity index (χ3v) is 5.57. The molecule has 26 heavy (non-hydrogen) atoms. The molecule has 0 saturated heterocycles. The molecule has 0 spiro atoms. The summed E-state index contributed by atoms with van der Waals surface area (Å²) in [6.07, 6.45) is 0. The van der Waals surface area contributed by atoms with E-state index >= 15 is 0 Å². The highest BCUT2D eigenvalue weighted by molar-refractivity contribution is 9.10. The predicted molar refractivity (Wildman–Crippen MR) is 103 cm³/mol. The molecule has 0 radical (unpaired) electrons. The van der Waals surface area contributed by atoms with E-state index in [2.05, 4.69) is 20.7 Å². The summed E-state index contributed by atoms with van der Waals surface area (Å²) in [4.78, 5) is 0.0627. The Balaban J connectivity index is 1.80. The second-order valence-corrected chi connectivity index (χ2v) is 8.24. The third-order valence-electron chi connectivity index (χ3n) is 3.33. The van der Waals surface area contributed by atoms with Crippen LogP contribution in [-0.2, 0) is 10.0 Å². The van der Waals surface area contributed by atoms with Crippen LogP contribution in [0.25, 0.3) is 0 Å². The summed E-state index contributed by atoms with van der Waals surface area (Å²) >= 11 is 9.19. The lowest BCUT2D eigenvalue weighted by Crippen LogP contribution is -2.12. The van der Waals surface area contributed by atoms with Crippen molar-refractivity contribution in [3.63, 3.8) is 0 Å². The summed E-state index contributed by atoms with van der Waals surface area (Å²) in [7, 11) is -3.77. The number of rotatable bonds is 5. The smallest absolute Gasteiger partial charge is 0.261 e. The summed E-state index contributed by atoms with van der Waals surface area (Å²) in [6.45, 7) is 0. The van der Waals surface area contributed by atoms with Gasteiger partial charge in [0.25, 0.3) is 10.0 Å². The average Bonchev–Trinajstić information content (AvgIpc) is 2.59.